The molecule has 0 radical (unpaired) electrons. The molecule has 5 heteroatoms. The summed E-state index contributed by atoms with van der Waals surface area (Å²) in [5, 5.41) is 4.66. The molecule has 110 valence electrons. The molecule has 19 heavy (non-hydrogen) atoms. The van der Waals surface area contributed by atoms with Crippen LogP contribution in [0.2, 0.25) is 0 Å². The van der Waals surface area contributed by atoms with Crippen molar-refractivity contribution in [1.82, 2.24) is 15.2 Å². The van der Waals surface area contributed by atoms with E-state index in [1.807, 2.05) is 0 Å². The first-order valence-electron chi connectivity index (χ1n) is 7.22. The monoisotopic (exact) mass is 268 g/mol. The smallest absolute Gasteiger partial charge is 0.0738 e. The van der Waals surface area contributed by atoms with E-state index in [1.165, 1.54) is 0 Å². The molecule has 0 spiro atoms. The summed E-state index contributed by atoms with van der Waals surface area (Å²) < 4.78 is 7.51. The molecule has 3 N–H and O–H groups in total. The Balaban J connectivity index is 2.70. The molecule has 2 unspecified atom stereocenters. The Kier molecular flexibility index (Phi) is 7.05. The number of aromatic nitrogens is 2. The van der Waals surface area contributed by atoms with Gasteiger partial charge in [0.05, 0.1) is 23.9 Å². The number of nitrogens with two attached hydrogens (primary N) is 1. The number of rotatable bonds is 9. The summed E-state index contributed by atoms with van der Waals surface area (Å²) >= 11 is 0. The number of hydrazine groups is 1. The average Bonchev–Trinajstić information content (AvgIpc) is 2.89. The molecule has 1 aromatic heterocycles. The van der Waals surface area contributed by atoms with Crippen LogP contribution >= 0.6 is 0 Å². The fourth-order valence-electron chi connectivity index (χ4n) is 2.49. The van der Waals surface area contributed by atoms with Gasteiger partial charge in [0.25, 0.3) is 0 Å². The number of methoxy groups -OCH3 is 1. The van der Waals surface area contributed by atoms with Crippen LogP contribution in [-0.4, -0.2) is 29.0 Å². The highest BCUT2D eigenvalue weighted by Gasteiger charge is 2.20. The van der Waals surface area contributed by atoms with Crippen LogP contribution in [0.4, 0.5) is 0 Å². The van der Waals surface area contributed by atoms with E-state index in [1.54, 1.807) is 7.11 Å². The van der Waals surface area contributed by atoms with Crippen LogP contribution in [0.3, 0.4) is 0 Å². The maximum Gasteiger partial charge on any atom is 0.0738 e. The van der Waals surface area contributed by atoms with E-state index in [4.69, 9.17) is 10.6 Å². The van der Waals surface area contributed by atoms with Gasteiger partial charge < -0.3 is 4.74 Å². The topological polar surface area (TPSA) is 65.1 Å². The standard InChI is InChI=1S/C14H28N4O/c1-5-12(6-2)18-9-8-11(17-18)10-13(16-15)14(7-3)19-4/h8-9,12-14,16H,5-7,10,15H2,1-4H3. The quantitative estimate of drug-likeness (QED) is 0.531. The zero-order chi connectivity index (χ0) is 14.3. The van der Waals surface area contributed by atoms with Crippen molar-refractivity contribution in [3.63, 3.8) is 0 Å². The van der Waals surface area contributed by atoms with Gasteiger partial charge in [-0.2, -0.15) is 5.10 Å². The van der Waals surface area contributed by atoms with Crippen LogP contribution in [0.25, 0.3) is 0 Å². The fourth-order valence-corrected chi connectivity index (χ4v) is 2.49. The zero-order valence-corrected chi connectivity index (χ0v) is 12.6. The summed E-state index contributed by atoms with van der Waals surface area (Å²) in [6.07, 6.45) is 6.10. The SMILES string of the molecule is CCC(OC)C(Cc1ccn(C(CC)CC)n1)NN. The highest BCUT2D eigenvalue weighted by Crippen LogP contribution is 2.16. The van der Waals surface area contributed by atoms with Crippen LogP contribution in [0.15, 0.2) is 12.3 Å². The predicted octanol–water partition coefficient (Wildman–Crippen LogP) is 2.04. The number of hydrogen-bond donors (Lipinski definition) is 2. The number of nitrogens with one attached hydrogen (secondary N) is 1. The summed E-state index contributed by atoms with van der Waals surface area (Å²) in [7, 11) is 1.72. The molecule has 0 saturated heterocycles. The van der Waals surface area contributed by atoms with E-state index in [0.717, 1.165) is 31.4 Å². The van der Waals surface area contributed by atoms with Crippen molar-refractivity contribution in [2.75, 3.05) is 7.11 Å². The lowest BCUT2D eigenvalue weighted by Crippen LogP contribution is -2.46. The lowest BCUT2D eigenvalue weighted by atomic mass is 10.0. The largest absolute Gasteiger partial charge is 0.380 e. The highest BCUT2D eigenvalue weighted by molar-refractivity contribution is 5.03. The third-order valence-corrected chi connectivity index (χ3v) is 3.78. The van der Waals surface area contributed by atoms with Crippen molar-refractivity contribution in [1.29, 1.82) is 0 Å². The maximum absolute atomic E-state index is 5.63. The Hall–Kier alpha value is -0.910. The summed E-state index contributed by atoms with van der Waals surface area (Å²) in [5.41, 5.74) is 3.91. The third-order valence-electron chi connectivity index (χ3n) is 3.78. The third kappa shape index (κ3) is 4.30. The minimum atomic E-state index is 0.0973. The summed E-state index contributed by atoms with van der Waals surface area (Å²) in [6, 6.07) is 2.66. The van der Waals surface area contributed by atoms with E-state index in [0.29, 0.717) is 6.04 Å². The van der Waals surface area contributed by atoms with Crippen LogP contribution < -0.4 is 11.3 Å². The second-order valence-corrected chi connectivity index (χ2v) is 4.92. The minimum Gasteiger partial charge on any atom is -0.380 e. The minimum absolute atomic E-state index is 0.0973. The molecule has 5 nitrogen and oxygen atoms in total. The van der Waals surface area contributed by atoms with Gasteiger partial charge in [-0.25, -0.2) is 0 Å². The van der Waals surface area contributed by atoms with Crippen molar-refractivity contribution in [3.8, 4) is 0 Å². The van der Waals surface area contributed by atoms with Crippen molar-refractivity contribution in [2.24, 2.45) is 5.84 Å². The Morgan fingerprint density at radius 1 is 1.32 bits per heavy atom. The molecule has 0 aliphatic heterocycles. The van der Waals surface area contributed by atoms with Gasteiger partial charge in [0.2, 0.25) is 0 Å². The summed E-state index contributed by atoms with van der Waals surface area (Å²) in [4.78, 5) is 0. The van der Waals surface area contributed by atoms with Crippen molar-refractivity contribution in [3.05, 3.63) is 18.0 Å². The Labute approximate surface area is 116 Å². The molecule has 1 heterocycles. The van der Waals surface area contributed by atoms with Gasteiger partial charge in [-0.15, -0.1) is 0 Å². The van der Waals surface area contributed by atoms with E-state index in [-0.39, 0.29) is 12.1 Å². The van der Waals surface area contributed by atoms with Crippen molar-refractivity contribution in [2.45, 2.75) is 64.6 Å². The van der Waals surface area contributed by atoms with Gasteiger partial charge in [0.15, 0.2) is 0 Å². The Morgan fingerprint density at radius 2 is 2.00 bits per heavy atom. The van der Waals surface area contributed by atoms with Gasteiger partial charge >= 0.3 is 0 Å². The van der Waals surface area contributed by atoms with Gasteiger partial charge in [-0.05, 0) is 25.3 Å². The molecule has 0 fully saturated rings. The highest BCUT2D eigenvalue weighted by atomic mass is 16.5. The number of hydrogen-bond acceptors (Lipinski definition) is 4. The van der Waals surface area contributed by atoms with Crippen LogP contribution in [-0.2, 0) is 11.2 Å². The second-order valence-electron chi connectivity index (χ2n) is 4.92. The number of ether oxygens (including phenoxy) is 1. The van der Waals surface area contributed by atoms with Gasteiger partial charge in [-0.3, -0.25) is 16.0 Å². The fraction of sp³-hybridized carbons (Fsp3) is 0.786. The molecule has 0 saturated carbocycles. The van der Waals surface area contributed by atoms with Gasteiger partial charge in [0.1, 0.15) is 0 Å². The van der Waals surface area contributed by atoms with Gasteiger partial charge in [-0.1, -0.05) is 20.8 Å². The Morgan fingerprint density at radius 3 is 2.47 bits per heavy atom. The molecule has 1 aromatic rings. The second kappa shape index (κ2) is 8.30. The summed E-state index contributed by atoms with van der Waals surface area (Å²) in [6.45, 7) is 6.48. The van der Waals surface area contributed by atoms with Crippen LogP contribution in [0, 0.1) is 0 Å². The van der Waals surface area contributed by atoms with E-state index >= 15 is 0 Å². The Bertz CT molecular complexity index is 345. The molecule has 1 rings (SSSR count). The number of nitrogens with zero attached hydrogens (tertiary/aromatic N) is 2. The van der Waals surface area contributed by atoms with Gasteiger partial charge in [0, 0.05) is 19.7 Å². The molecule has 0 amide bonds. The zero-order valence-electron chi connectivity index (χ0n) is 12.6. The van der Waals surface area contributed by atoms with Crippen molar-refractivity contribution >= 4 is 0 Å². The average molecular weight is 268 g/mol. The molecule has 0 aromatic carbocycles. The van der Waals surface area contributed by atoms with Crippen LogP contribution in [0.1, 0.15) is 51.8 Å². The van der Waals surface area contributed by atoms with Crippen molar-refractivity contribution < 1.29 is 4.74 Å². The van der Waals surface area contributed by atoms with E-state index < -0.39 is 0 Å². The molecular weight excluding hydrogens is 240 g/mol. The predicted molar refractivity (Wildman–Crippen MR) is 77.7 cm³/mol. The molecule has 2 atom stereocenters. The molecule has 0 aliphatic carbocycles. The molecular formula is C14H28N4O. The van der Waals surface area contributed by atoms with E-state index in [9.17, 15) is 0 Å². The van der Waals surface area contributed by atoms with Crippen LogP contribution in [0.5, 0.6) is 0 Å². The normalized spacial score (nSPS) is 14.8. The first-order chi connectivity index (χ1) is 9.19. The molecule has 0 aliphatic rings. The lowest BCUT2D eigenvalue weighted by Gasteiger charge is -2.23. The maximum atomic E-state index is 5.63. The first kappa shape index (κ1) is 16.1. The lowest BCUT2D eigenvalue weighted by molar-refractivity contribution is 0.0650. The summed E-state index contributed by atoms with van der Waals surface area (Å²) in [5.74, 6) is 5.63. The molecule has 0 bridgehead atoms. The van der Waals surface area contributed by atoms with E-state index in [2.05, 4.69) is 48.2 Å². The first-order valence-corrected chi connectivity index (χ1v) is 7.22.